The number of hydrogen-bond donors (Lipinski definition) is 1. The van der Waals surface area contributed by atoms with Crippen molar-refractivity contribution < 1.29 is 5.11 Å². The predicted octanol–water partition coefficient (Wildman–Crippen LogP) is 2.77. The van der Waals surface area contributed by atoms with Crippen LogP contribution in [-0.2, 0) is 5.41 Å². The van der Waals surface area contributed by atoms with E-state index in [1.54, 1.807) is 0 Å². The van der Waals surface area contributed by atoms with Gasteiger partial charge in [-0.05, 0) is 33.0 Å². The molecule has 0 radical (unpaired) electrons. The van der Waals surface area contributed by atoms with Gasteiger partial charge in [0.15, 0.2) is 0 Å². The lowest BCUT2D eigenvalue weighted by molar-refractivity contribution is 0.277. The zero-order valence-corrected chi connectivity index (χ0v) is 10.2. The van der Waals surface area contributed by atoms with Crippen LogP contribution < -0.4 is 0 Å². The first kappa shape index (κ1) is 11.5. The summed E-state index contributed by atoms with van der Waals surface area (Å²) in [6.45, 7) is 1.03. The monoisotopic (exact) mass is 219 g/mol. The quantitative estimate of drug-likeness (QED) is 0.845. The SMILES string of the molecule is CN(C)CC1(c2ccccc2O)CCCC1. The highest BCUT2D eigenvalue weighted by atomic mass is 16.3. The van der Waals surface area contributed by atoms with Crippen LogP contribution in [0.1, 0.15) is 31.2 Å². The molecule has 1 saturated carbocycles. The topological polar surface area (TPSA) is 23.5 Å². The number of aromatic hydroxyl groups is 1. The number of phenols is 1. The third-order valence-electron chi connectivity index (χ3n) is 3.65. The van der Waals surface area contributed by atoms with Crippen LogP contribution in [-0.4, -0.2) is 30.6 Å². The number of hydrogen-bond acceptors (Lipinski definition) is 2. The minimum Gasteiger partial charge on any atom is -0.508 e. The van der Waals surface area contributed by atoms with E-state index in [9.17, 15) is 5.11 Å². The van der Waals surface area contributed by atoms with E-state index in [2.05, 4.69) is 25.1 Å². The maximum absolute atomic E-state index is 10.0. The molecule has 1 aromatic rings. The zero-order valence-electron chi connectivity index (χ0n) is 10.2. The minimum absolute atomic E-state index is 0.175. The summed E-state index contributed by atoms with van der Waals surface area (Å²) in [5.74, 6) is 0.464. The van der Waals surface area contributed by atoms with Gasteiger partial charge in [0.2, 0.25) is 0 Å². The largest absolute Gasteiger partial charge is 0.508 e. The summed E-state index contributed by atoms with van der Waals surface area (Å²) in [5.41, 5.74) is 1.32. The molecule has 0 aromatic heterocycles. The molecule has 2 rings (SSSR count). The molecule has 0 amide bonds. The van der Waals surface area contributed by atoms with E-state index in [0.29, 0.717) is 5.75 Å². The highest BCUT2D eigenvalue weighted by Crippen LogP contribution is 2.44. The Morgan fingerprint density at radius 3 is 2.38 bits per heavy atom. The van der Waals surface area contributed by atoms with Gasteiger partial charge in [-0.1, -0.05) is 31.0 Å². The molecule has 2 nitrogen and oxygen atoms in total. The Balaban J connectivity index is 2.36. The van der Waals surface area contributed by atoms with Crippen LogP contribution in [0, 0.1) is 0 Å². The summed E-state index contributed by atoms with van der Waals surface area (Å²) in [6, 6.07) is 7.83. The van der Waals surface area contributed by atoms with Gasteiger partial charge in [-0.25, -0.2) is 0 Å². The molecule has 0 saturated heterocycles. The molecule has 0 spiro atoms. The van der Waals surface area contributed by atoms with E-state index in [0.717, 1.165) is 12.1 Å². The van der Waals surface area contributed by atoms with Gasteiger partial charge in [-0.3, -0.25) is 0 Å². The first-order valence-corrected chi connectivity index (χ1v) is 6.07. The molecule has 16 heavy (non-hydrogen) atoms. The second kappa shape index (κ2) is 4.46. The Morgan fingerprint density at radius 2 is 1.81 bits per heavy atom. The summed E-state index contributed by atoms with van der Waals surface area (Å²) >= 11 is 0. The first-order chi connectivity index (χ1) is 7.64. The summed E-state index contributed by atoms with van der Waals surface area (Å²) in [4.78, 5) is 2.23. The molecule has 0 unspecified atom stereocenters. The number of nitrogens with zero attached hydrogens (tertiary/aromatic N) is 1. The van der Waals surface area contributed by atoms with E-state index in [1.165, 1.54) is 25.7 Å². The Bertz CT molecular complexity index is 354. The Kier molecular flexibility index (Phi) is 3.20. The second-order valence-corrected chi connectivity index (χ2v) is 5.24. The summed E-state index contributed by atoms with van der Waals surface area (Å²) in [5, 5.41) is 10.0. The maximum Gasteiger partial charge on any atom is 0.119 e. The fraction of sp³-hybridized carbons (Fsp3) is 0.571. The van der Waals surface area contributed by atoms with Gasteiger partial charge in [0.05, 0.1) is 0 Å². The Hall–Kier alpha value is -1.02. The molecule has 88 valence electrons. The zero-order chi connectivity index (χ0) is 11.6. The fourth-order valence-corrected chi connectivity index (χ4v) is 3.09. The van der Waals surface area contributed by atoms with Crippen LogP contribution in [0.4, 0.5) is 0 Å². The van der Waals surface area contributed by atoms with E-state index < -0.39 is 0 Å². The van der Waals surface area contributed by atoms with E-state index in [-0.39, 0.29) is 5.41 Å². The second-order valence-electron chi connectivity index (χ2n) is 5.24. The van der Waals surface area contributed by atoms with Crippen molar-refractivity contribution in [1.82, 2.24) is 4.90 Å². The first-order valence-electron chi connectivity index (χ1n) is 6.07. The molecule has 1 aromatic carbocycles. The van der Waals surface area contributed by atoms with Gasteiger partial charge in [0.25, 0.3) is 0 Å². The molecule has 1 N–H and O–H groups in total. The summed E-state index contributed by atoms with van der Waals surface area (Å²) in [6.07, 6.45) is 4.95. The van der Waals surface area contributed by atoms with Crippen molar-refractivity contribution in [2.45, 2.75) is 31.1 Å². The lowest BCUT2D eigenvalue weighted by Crippen LogP contribution is -2.35. The lowest BCUT2D eigenvalue weighted by atomic mass is 9.78. The standard InChI is InChI=1S/C14H21NO/c1-15(2)11-14(9-5-6-10-14)12-7-3-4-8-13(12)16/h3-4,7-8,16H,5-6,9-11H2,1-2H3. The normalized spacial score (nSPS) is 19.2. The Morgan fingerprint density at radius 1 is 1.19 bits per heavy atom. The predicted molar refractivity (Wildman–Crippen MR) is 66.8 cm³/mol. The number of para-hydroxylation sites is 1. The molecule has 1 aliphatic rings. The van der Waals surface area contributed by atoms with Crippen molar-refractivity contribution in [2.24, 2.45) is 0 Å². The van der Waals surface area contributed by atoms with Crippen LogP contribution in [0.2, 0.25) is 0 Å². The van der Waals surface area contributed by atoms with E-state index in [1.807, 2.05) is 18.2 Å². The van der Waals surface area contributed by atoms with Gasteiger partial charge in [0.1, 0.15) is 5.75 Å². The van der Waals surface area contributed by atoms with Crippen molar-refractivity contribution in [1.29, 1.82) is 0 Å². The molecule has 0 bridgehead atoms. The average Bonchev–Trinajstić information content (AvgIpc) is 2.67. The van der Waals surface area contributed by atoms with Gasteiger partial charge in [-0.2, -0.15) is 0 Å². The van der Waals surface area contributed by atoms with Gasteiger partial charge in [-0.15, -0.1) is 0 Å². The number of phenolic OH excluding ortho intramolecular Hbond substituents is 1. The van der Waals surface area contributed by atoms with Crippen LogP contribution in [0.5, 0.6) is 5.75 Å². The molecule has 0 atom stereocenters. The van der Waals surface area contributed by atoms with Crippen molar-refractivity contribution in [3.8, 4) is 5.75 Å². The Labute approximate surface area is 97.9 Å². The highest BCUT2D eigenvalue weighted by Gasteiger charge is 2.37. The molecule has 0 aliphatic heterocycles. The van der Waals surface area contributed by atoms with Gasteiger partial charge >= 0.3 is 0 Å². The maximum atomic E-state index is 10.0. The van der Waals surface area contributed by atoms with Crippen molar-refractivity contribution >= 4 is 0 Å². The van der Waals surface area contributed by atoms with Crippen LogP contribution in [0.15, 0.2) is 24.3 Å². The van der Waals surface area contributed by atoms with Gasteiger partial charge < -0.3 is 10.0 Å². The molecule has 1 aliphatic carbocycles. The van der Waals surface area contributed by atoms with Crippen LogP contribution in [0.25, 0.3) is 0 Å². The lowest BCUT2D eigenvalue weighted by Gasteiger charge is -2.33. The van der Waals surface area contributed by atoms with Crippen molar-refractivity contribution in [3.05, 3.63) is 29.8 Å². The van der Waals surface area contributed by atoms with Crippen LogP contribution >= 0.6 is 0 Å². The minimum atomic E-state index is 0.175. The highest BCUT2D eigenvalue weighted by molar-refractivity contribution is 5.39. The van der Waals surface area contributed by atoms with Gasteiger partial charge in [0, 0.05) is 17.5 Å². The number of benzene rings is 1. The number of likely N-dealkylation sites (N-methyl/N-ethyl adjacent to an activating group) is 1. The molecular formula is C14H21NO. The summed E-state index contributed by atoms with van der Waals surface area (Å²) in [7, 11) is 4.22. The van der Waals surface area contributed by atoms with E-state index in [4.69, 9.17) is 0 Å². The average molecular weight is 219 g/mol. The van der Waals surface area contributed by atoms with Crippen molar-refractivity contribution in [3.63, 3.8) is 0 Å². The molecular weight excluding hydrogens is 198 g/mol. The van der Waals surface area contributed by atoms with Crippen molar-refractivity contribution in [2.75, 3.05) is 20.6 Å². The number of rotatable bonds is 3. The molecule has 2 heteroatoms. The third kappa shape index (κ3) is 2.07. The van der Waals surface area contributed by atoms with E-state index >= 15 is 0 Å². The van der Waals surface area contributed by atoms with Crippen LogP contribution in [0.3, 0.4) is 0 Å². The fourth-order valence-electron chi connectivity index (χ4n) is 3.09. The third-order valence-corrected chi connectivity index (χ3v) is 3.65. The summed E-state index contributed by atoms with van der Waals surface area (Å²) < 4.78 is 0. The molecule has 0 heterocycles. The smallest absolute Gasteiger partial charge is 0.119 e. The molecule has 1 fully saturated rings.